The van der Waals surface area contributed by atoms with Gasteiger partial charge in [0.15, 0.2) is 0 Å². The smallest absolute Gasteiger partial charge is 0.312 e. The highest BCUT2D eigenvalue weighted by atomic mass is 16.5. The third-order valence-electron chi connectivity index (χ3n) is 7.67. The molecule has 0 spiro atoms. The number of aliphatic hydroxyl groups is 2. The summed E-state index contributed by atoms with van der Waals surface area (Å²) in [6.07, 6.45) is 5.54. The van der Waals surface area contributed by atoms with Crippen molar-refractivity contribution < 1.29 is 29.6 Å². The van der Waals surface area contributed by atoms with E-state index in [0.29, 0.717) is 44.9 Å². The largest absolute Gasteiger partial charge is 0.481 e. The molecule has 3 N–H and O–H groups in total. The van der Waals surface area contributed by atoms with E-state index in [1.54, 1.807) is 0 Å². The van der Waals surface area contributed by atoms with Crippen molar-refractivity contribution in [1.29, 1.82) is 0 Å². The van der Waals surface area contributed by atoms with Gasteiger partial charge in [-0.25, -0.2) is 0 Å². The first-order valence-corrected chi connectivity index (χ1v) is 14.8. The first-order chi connectivity index (χ1) is 18.9. The summed E-state index contributed by atoms with van der Waals surface area (Å²) in [5.74, 6) is -1.03. The summed E-state index contributed by atoms with van der Waals surface area (Å²) in [5, 5.41) is 29.7. The molecule has 2 rings (SSSR count). The predicted octanol–water partition coefficient (Wildman–Crippen LogP) is 7.27. The summed E-state index contributed by atoms with van der Waals surface area (Å²) in [4.78, 5) is 24.2. The molecule has 0 saturated carbocycles. The van der Waals surface area contributed by atoms with Gasteiger partial charge in [0.1, 0.15) is 6.10 Å². The number of rotatable bonds is 19. The zero-order valence-electron chi connectivity index (χ0n) is 24.9. The second kappa shape index (κ2) is 16.5. The minimum absolute atomic E-state index is 0.130. The van der Waals surface area contributed by atoms with Crippen LogP contribution in [0.2, 0.25) is 0 Å². The molecule has 2 aromatic rings. The number of carboxylic acid groups (broad SMARTS) is 1. The summed E-state index contributed by atoms with van der Waals surface area (Å²) in [7, 11) is 0. The number of hydrogen-bond acceptors (Lipinski definition) is 5. The molecule has 0 aromatic heterocycles. The number of carbonyl (C=O) groups is 2. The van der Waals surface area contributed by atoms with E-state index in [4.69, 9.17) is 9.84 Å². The van der Waals surface area contributed by atoms with E-state index in [9.17, 15) is 19.8 Å². The van der Waals surface area contributed by atoms with Crippen molar-refractivity contribution in [2.75, 3.05) is 0 Å². The number of hydrogen-bond donors (Lipinski definition) is 3. The van der Waals surface area contributed by atoms with Gasteiger partial charge in [0.25, 0.3) is 0 Å². The van der Waals surface area contributed by atoms with Gasteiger partial charge in [-0.2, -0.15) is 0 Å². The molecule has 6 nitrogen and oxygen atoms in total. The maximum atomic E-state index is 13.2. The SMILES string of the molecule is CC(C)(CCCC(O)CCCC(O)CCCC(C)(C)C(=O)OC(Cc1ccccc1)c1ccccc1)CC(=O)O. The van der Waals surface area contributed by atoms with Crippen LogP contribution in [0.1, 0.15) is 109 Å². The van der Waals surface area contributed by atoms with Crippen LogP contribution in [-0.2, 0) is 20.7 Å². The second-order valence-corrected chi connectivity index (χ2v) is 12.6. The Morgan fingerprint density at radius 3 is 1.80 bits per heavy atom. The van der Waals surface area contributed by atoms with Crippen molar-refractivity contribution in [3.05, 3.63) is 71.8 Å². The lowest BCUT2D eigenvalue weighted by atomic mass is 9.83. The van der Waals surface area contributed by atoms with Gasteiger partial charge >= 0.3 is 11.9 Å². The molecule has 0 aliphatic heterocycles. The molecule has 6 heteroatoms. The van der Waals surface area contributed by atoms with Crippen molar-refractivity contribution in [3.8, 4) is 0 Å². The highest BCUT2D eigenvalue weighted by Gasteiger charge is 2.32. The maximum Gasteiger partial charge on any atom is 0.312 e. The Morgan fingerprint density at radius 1 is 0.750 bits per heavy atom. The number of ether oxygens (including phenoxy) is 1. The van der Waals surface area contributed by atoms with E-state index in [1.807, 2.05) is 88.4 Å². The zero-order valence-corrected chi connectivity index (χ0v) is 24.9. The normalized spacial score (nSPS) is 14.3. The van der Waals surface area contributed by atoms with Crippen molar-refractivity contribution >= 4 is 11.9 Å². The fraction of sp³-hybridized carbons (Fsp3) is 0.588. The summed E-state index contributed by atoms with van der Waals surface area (Å²) >= 11 is 0. The summed E-state index contributed by atoms with van der Waals surface area (Å²) in [6, 6.07) is 19.9. The van der Waals surface area contributed by atoms with E-state index in [1.165, 1.54) is 0 Å². The molecule has 3 unspecified atom stereocenters. The quantitative estimate of drug-likeness (QED) is 0.158. The van der Waals surface area contributed by atoms with Gasteiger partial charge in [-0.15, -0.1) is 0 Å². The maximum absolute atomic E-state index is 13.2. The Labute approximate surface area is 240 Å². The Balaban J connectivity index is 1.73. The molecular weight excluding hydrogens is 504 g/mol. The third kappa shape index (κ3) is 13.1. The van der Waals surface area contributed by atoms with Crippen molar-refractivity contribution in [2.45, 2.75) is 117 Å². The molecule has 0 amide bonds. The van der Waals surface area contributed by atoms with Crippen molar-refractivity contribution in [2.24, 2.45) is 10.8 Å². The van der Waals surface area contributed by atoms with Crippen LogP contribution in [0.4, 0.5) is 0 Å². The van der Waals surface area contributed by atoms with Gasteiger partial charge in [0.2, 0.25) is 0 Å². The van der Waals surface area contributed by atoms with Crippen molar-refractivity contribution in [1.82, 2.24) is 0 Å². The monoisotopic (exact) mass is 554 g/mol. The molecule has 0 aliphatic carbocycles. The Hall–Kier alpha value is -2.70. The van der Waals surface area contributed by atoms with E-state index in [-0.39, 0.29) is 23.9 Å². The average molecular weight is 555 g/mol. The van der Waals surface area contributed by atoms with E-state index in [0.717, 1.165) is 30.4 Å². The molecule has 222 valence electrons. The second-order valence-electron chi connectivity index (χ2n) is 12.6. The highest BCUT2D eigenvalue weighted by molar-refractivity contribution is 5.76. The molecule has 40 heavy (non-hydrogen) atoms. The molecule has 3 atom stereocenters. The predicted molar refractivity (Wildman–Crippen MR) is 159 cm³/mol. The van der Waals surface area contributed by atoms with Crippen LogP contribution in [-0.4, -0.2) is 39.5 Å². The molecule has 0 heterocycles. The van der Waals surface area contributed by atoms with Gasteiger partial charge in [0, 0.05) is 6.42 Å². The number of aliphatic hydroxyl groups excluding tert-OH is 2. The minimum atomic E-state index is -0.792. The van der Waals surface area contributed by atoms with Crippen LogP contribution in [0.25, 0.3) is 0 Å². The van der Waals surface area contributed by atoms with Gasteiger partial charge in [0.05, 0.1) is 24.0 Å². The van der Waals surface area contributed by atoms with Crippen LogP contribution in [0.15, 0.2) is 60.7 Å². The molecule has 2 aromatic carbocycles. The number of carbonyl (C=O) groups excluding carboxylic acids is 1. The molecular formula is C34H50O6. The van der Waals surface area contributed by atoms with Gasteiger partial charge in [-0.3, -0.25) is 9.59 Å². The van der Waals surface area contributed by atoms with Crippen LogP contribution in [0, 0.1) is 10.8 Å². The minimum Gasteiger partial charge on any atom is -0.481 e. The number of aliphatic carboxylic acids is 1. The number of carboxylic acids is 1. The average Bonchev–Trinajstić information content (AvgIpc) is 2.88. The molecule has 0 saturated heterocycles. The van der Waals surface area contributed by atoms with Crippen molar-refractivity contribution in [3.63, 3.8) is 0 Å². The van der Waals surface area contributed by atoms with E-state index >= 15 is 0 Å². The van der Waals surface area contributed by atoms with Crippen LogP contribution >= 0.6 is 0 Å². The van der Waals surface area contributed by atoms with E-state index in [2.05, 4.69) is 0 Å². The highest BCUT2D eigenvalue weighted by Crippen LogP contribution is 2.31. The standard InChI is InChI=1S/C34H50O6/c1-33(2,25-31(37)38)22-12-20-28(35)18-11-19-29(36)21-13-23-34(3,4)32(39)40-30(27-16-9-6-10-17-27)24-26-14-7-5-8-15-26/h5-10,14-17,28-30,35-36H,11-13,18-25H2,1-4H3,(H,37,38). The van der Waals surface area contributed by atoms with Crippen LogP contribution in [0.3, 0.4) is 0 Å². The summed E-state index contributed by atoms with van der Waals surface area (Å²) in [6.45, 7) is 7.69. The number of esters is 1. The first-order valence-electron chi connectivity index (χ1n) is 14.8. The lowest BCUT2D eigenvalue weighted by Gasteiger charge is -2.27. The summed E-state index contributed by atoms with van der Waals surface area (Å²) < 4.78 is 6.07. The fourth-order valence-electron chi connectivity index (χ4n) is 5.09. The van der Waals surface area contributed by atoms with Gasteiger partial charge < -0.3 is 20.1 Å². The van der Waals surface area contributed by atoms with E-state index < -0.39 is 23.6 Å². The van der Waals surface area contributed by atoms with Crippen LogP contribution in [0.5, 0.6) is 0 Å². The van der Waals surface area contributed by atoms with Gasteiger partial charge in [-0.05, 0) is 81.8 Å². The van der Waals surface area contributed by atoms with Gasteiger partial charge in [-0.1, -0.05) is 80.9 Å². The number of benzene rings is 2. The lowest BCUT2D eigenvalue weighted by Crippen LogP contribution is -2.29. The zero-order chi connectivity index (χ0) is 29.6. The third-order valence-corrected chi connectivity index (χ3v) is 7.67. The molecule has 0 fully saturated rings. The molecule has 0 bridgehead atoms. The topological polar surface area (TPSA) is 104 Å². The Bertz CT molecular complexity index is 1000. The first kappa shape index (κ1) is 33.5. The lowest BCUT2D eigenvalue weighted by molar-refractivity contribution is -0.160. The van der Waals surface area contributed by atoms with Crippen LogP contribution < -0.4 is 0 Å². The fourth-order valence-corrected chi connectivity index (χ4v) is 5.09. The molecule has 0 radical (unpaired) electrons. The Morgan fingerprint density at radius 2 is 1.25 bits per heavy atom. The molecule has 0 aliphatic rings. The Kier molecular flexibility index (Phi) is 13.9. The summed E-state index contributed by atoms with van der Waals surface area (Å²) in [5.41, 5.74) is 1.13.